The number of hydrogen-bond acceptors (Lipinski definition) is 1. The summed E-state index contributed by atoms with van der Waals surface area (Å²) < 4.78 is 0. The summed E-state index contributed by atoms with van der Waals surface area (Å²) in [6, 6.07) is 0. The van der Waals surface area contributed by atoms with E-state index in [0.717, 1.165) is 22.1 Å². The lowest BCUT2D eigenvalue weighted by Gasteiger charge is -2.26. The highest BCUT2D eigenvalue weighted by atomic mass is 28.1. The van der Waals surface area contributed by atoms with E-state index >= 15 is 0 Å². The van der Waals surface area contributed by atoms with E-state index in [9.17, 15) is 4.79 Å². The molecule has 2 aliphatic carbocycles. The van der Waals surface area contributed by atoms with Gasteiger partial charge in [0, 0.05) is 5.41 Å². The van der Waals surface area contributed by atoms with Crippen molar-refractivity contribution >= 4 is 15.6 Å². The number of carbonyl (C=O) groups excluding carboxylic acids is 1. The second-order valence-corrected chi connectivity index (χ2v) is 5.80. The minimum Gasteiger partial charge on any atom is -0.306 e. The highest BCUT2D eigenvalue weighted by Crippen LogP contribution is 2.52. The molecule has 0 spiro atoms. The lowest BCUT2D eigenvalue weighted by Crippen LogP contribution is -2.30. The number of rotatable bonds is 4. The first kappa shape index (κ1) is 8.48. The van der Waals surface area contributed by atoms with Crippen LogP contribution < -0.4 is 0 Å². The molecule has 0 heterocycles. The Labute approximate surface area is 77.3 Å². The maximum Gasteiger partial charge on any atom is 0.106 e. The summed E-state index contributed by atoms with van der Waals surface area (Å²) in [5.41, 5.74) is 0.118. The molecule has 1 unspecified atom stereocenters. The molecule has 0 aromatic rings. The minimum atomic E-state index is 0.118. The molecule has 0 radical (unpaired) electrons. The molecular formula is C10H18OSi. The molecule has 1 atom stereocenters. The Morgan fingerprint density at radius 1 is 1.42 bits per heavy atom. The fourth-order valence-corrected chi connectivity index (χ4v) is 2.85. The van der Waals surface area contributed by atoms with Crippen LogP contribution in [0.15, 0.2) is 0 Å². The Kier molecular flexibility index (Phi) is 1.90. The van der Waals surface area contributed by atoms with Crippen LogP contribution in [-0.4, -0.2) is 15.6 Å². The van der Waals surface area contributed by atoms with Crippen molar-refractivity contribution in [3.8, 4) is 0 Å². The molecule has 2 aliphatic rings. The summed E-state index contributed by atoms with van der Waals surface area (Å²) in [6.07, 6.45) is 6.61. The average Bonchev–Trinajstić information content (AvgIpc) is 2.83. The zero-order chi connectivity index (χ0) is 8.77. The third kappa shape index (κ3) is 1.49. The second kappa shape index (κ2) is 2.69. The molecule has 2 fully saturated rings. The monoisotopic (exact) mass is 182 g/mol. The van der Waals surface area contributed by atoms with Crippen LogP contribution in [0.3, 0.4) is 0 Å². The fourth-order valence-electron chi connectivity index (χ4n) is 2.24. The quantitative estimate of drug-likeness (QED) is 0.595. The summed E-state index contributed by atoms with van der Waals surface area (Å²) in [5, 5.41) is 0.567. The van der Waals surface area contributed by atoms with Gasteiger partial charge < -0.3 is 4.79 Å². The van der Waals surface area contributed by atoms with Gasteiger partial charge in [-0.25, -0.2) is 0 Å². The van der Waals surface area contributed by atoms with Crippen molar-refractivity contribution in [1.29, 1.82) is 0 Å². The van der Waals surface area contributed by atoms with Crippen LogP contribution in [0.5, 0.6) is 0 Å². The van der Waals surface area contributed by atoms with Crippen LogP contribution in [0.25, 0.3) is 0 Å². The third-order valence-corrected chi connectivity index (χ3v) is 4.83. The Hall–Kier alpha value is -0.113. The summed E-state index contributed by atoms with van der Waals surface area (Å²) in [6.45, 7) is 2.22. The molecule has 0 amide bonds. The Balaban J connectivity index is 2.02. The zero-order valence-corrected chi connectivity index (χ0v) is 10.1. The van der Waals surface area contributed by atoms with Crippen molar-refractivity contribution in [3.05, 3.63) is 0 Å². The first-order valence-electron chi connectivity index (χ1n) is 5.14. The predicted molar refractivity (Wildman–Crippen MR) is 53.1 cm³/mol. The molecule has 0 aliphatic heterocycles. The molecule has 0 aromatic carbocycles. The summed E-state index contributed by atoms with van der Waals surface area (Å²) in [4.78, 5) is 11.6. The van der Waals surface area contributed by atoms with Crippen molar-refractivity contribution in [2.24, 2.45) is 17.3 Å². The number of hydrogen-bond donors (Lipinski definition) is 0. The van der Waals surface area contributed by atoms with E-state index in [0.29, 0.717) is 5.41 Å². The standard InChI is InChI=1S/C10H18OSi/c1-10(9(11)12,8-4-5-8)6-7-2-3-7/h7-8H,2-6H2,1,12H3. The molecule has 68 valence electrons. The normalized spacial score (nSPS) is 28.4. The van der Waals surface area contributed by atoms with E-state index in [2.05, 4.69) is 6.92 Å². The van der Waals surface area contributed by atoms with Gasteiger partial charge in [-0.3, -0.25) is 0 Å². The van der Waals surface area contributed by atoms with Gasteiger partial charge in [-0.05, 0) is 31.1 Å². The van der Waals surface area contributed by atoms with Gasteiger partial charge in [0.25, 0.3) is 0 Å². The van der Waals surface area contributed by atoms with Crippen LogP contribution in [0, 0.1) is 17.3 Å². The summed E-state index contributed by atoms with van der Waals surface area (Å²) in [7, 11) is 0.759. The smallest absolute Gasteiger partial charge is 0.106 e. The van der Waals surface area contributed by atoms with Gasteiger partial charge in [0.15, 0.2) is 0 Å². The van der Waals surface area contributed by atoms with Crippen LogP contribution in [0.1, 0.15) is 39.0 Å². The largest absolute Gasteiger partial charge is 0.306 e. The molecule has 12 heavy (non-hydrogen) atoms. The Morgan fingerprint density at radius 3 is 2.33 bits per heavy atom. The number of carbonyl (C=O) groups is 1. The van der Waals surface area contributed by atoms with Crippen LogP contribution in [-0.2, 0) is 4.79 Å². The van der Waals surface area contributed by atoms with E-state index in [1.54, 1.807) is 0 Å². The molecule has 2 heteroatoms. The lowest BCUT2D eigenvalue weighted by atomic mass is 9.81. The van der Waals surface area contributed by atoms with Crippen LogP contribution in [0.2, 0.25) is 0 Å². The SMILES string of the molecule is CC(CC1CC1)(C(=O)[SiH3])C1CC1. The van der Waals surface area contributed by atoms with Gasteiger partial charge in [-0.2, -0.15) is 0 Å². The average molecular weight is 182 g/mol. The van der Waals surface area contributed by atoms with Crippen molar-refractivity contribution in [2.75, 3.05) is 0 Å². The van der Waals surface area contributed by atoms with E-state index in [-0.39, 0.29) is 5.41 Å². The van der Waals surface area contributed by atoms with Crippen molar-refractivity contribution in [2.45, 2.75) is 39.0 Å². The Morgan fingerprint density at radius 2 is 2.00 bits per heavy atom. The van der Waals surface area contributed by atoms with Crippen molar-refractivity contribution in [3.63, 3.8) is 0 Å². The predicted octanol–water partition coefficient (Wildman–Crippen LogP) is 1.09. The van der Waals surface area contributed by atoms with E-state index in [4.69, 9.17) is 0 Å². The van der Waals surface area contributed by atoms with E-state index < -0.39 is 0 Å². The molecule has 1 nitrogen and oxygen atoms in total. The molecule has 2 saturated carbocycles. The summed E-state index contributed by atoms with van der Waals surface area (Å²) in [5.74, 6) is 1.68. The highest BCUT2D eigenvalue weighted by Gasteiger charge is 2.47. The zero-order valence-electron chi connectivity index (χ0n) is 8.10. The van der Waals surface area contributed by atoms with Gasteiger partial charge in [0.1, 0.15) is 5.41 Å². The van der Waals surface area contributed by atoms with Gasteiger partial charge in [-0.1, -0.05) is 19.8 Å². The minimum absolute atomic E-state index is 0.118. The fraction of sp³-hybridized carbons (Fsp3) is 0.900. The van der Waals surface area contributed by atoms with Crippen LogP contribution in [0.4, 0.5) is 0 Å². The first-order valence-corrected chi connectivity index (χ1v) is 6.14. The van der Waals surface area contributed by atoms with Gasteiger partial charge in [0.05, 0.1) is 10.2 Å². The molecule has 0 bridgehead atoms. The lowest BCUT2D eigenvalue weighted by molar-refractivity contribution is -0.121. The molecule has 0 saturated heterocycles. The van der Waals surface area contributed by atoms with E-state index in [1.807, 2.05) is 0 Å². The molecule has 0 N–H and O–H groups in total. The van der Waals surface area contributed by atoms with Gasteiger partial charge in [-0.15, -0.1) is 0 Å². The maximum absolute atomic E-state index is 11.6. The molecular weight excluding hydrogens is 164 g/mol. The maximum atomic E-state index is 11.6. The van der Waals surface area contributed by atoms with E-state index in [1.165, 1.54) is 32.1 Å². The van der Waals surface area contributed by atoms with Crippen molar-refractivity contribution < 1.29 is 4.79 Å². The third-order valence-electron chi connectivity index (χ3n) is 3.69. The second-order valence-electron chi connectivity index (χ2n) is 4.90. The Bertz CT molecular complexity index is 206. The highest BCUT2D eigenvalue weighted by molar-refractivity contribution is 6.59. The molecule has 0 aromatic heterocycles. The van der Waals surface area contributed by atoms with Gasteiger partial charge in [0.2, 0.25) is 0 Å². The van der Waals surface area contributed by atoms with Gasteiger partial charge >= 0.3 is 0 Å². The van der Waals surface area contributed by atoms with Crippen LogP contribution >= 0.6 is 0 Å². The first-order chi connectivity index (χ1) is 5.63. The van der Waals surface area contributed by atoms with Crippen molar-refractivity contribution in [1.82, 2.24) is 0 Å². The molecule has 2 rings (SSSR count). The summed E-state index contributed by atoms with van der Waals surface area (Å²) >= 11 is 0. The topological polar surface area (TPSA) is 17.1 Å².